The number of likely N-dealkylation sites (tertiary alicyclic amines) is 1. The molecule has 0 aliphatic carbocycles. The zero-order valence-corrected chi connectivity index (χ0v) is 15.5. The van der Waals surface area contributed by atoms with Crippen molar-refractivity contribution in [1.29, 1.82) is 0 Å². The van der Waals surface area contributed by atoms with Gasteiger partial charge in [0.15, 0.2) is 6.61 Å². The molecule has 2 rings (SSSR count). The first kappa shape index (κ1) is 20.7. The van der Waals surface area contributed by atoms with Gasteiger partial charge in [0.05, 0.1) is 6.54 Å². The molecule has 27 heavy (non-hydrogen) atoms. The van der Waals surface area contributed by atoms with Crippen LogP contribution in [0.25, 0.3) is 0 Å². The van der Waals surface area contributed by atoms with Crippen molar-refractivity contribution in [3.05, 3.63) is 30.3 Å². The lowest BCUT2D eigenvalue weighted by molar-refractivity contribution is -0.136. The van der Waals surface area contributed by atoms with E-state index in [0.29, 0.717) is 25.4 Å². The van der Waals surface area contributed by atoms with Gasteiger partial charge >= 0.3 is 0 Å². The van der Waals surface area contributed by atoms with E-state index in [9.17, 15) is 14.4 Å². The van der Waals surface area contributed by atoms with Gasteiger partial charge in [-0.05, 0) is 31.4 Å². The van der Waals surface area contributed by atoms with Gasteiger partial charge in [-0.2, -0.15) is 0 Å². The minimum absolute atomic E-state index is 0.0505. The van der Waals surface area contributed by atoms with E-state index in [1.54, 1.807) is 17.0 Å². The quantitative estimate of drug-likeness (QED) is 0.563. The summed E-state index contributed by atoms with van der Waals surface area (Å²) in [5.41, 5.74) is 5.37. The van der Waals surface area contributed by atoms with E-state index in [0.717, 1.165) is 19.3 Å². The van der Waals surface area contributed by atoms with Gasteiger partial charge in [-0.3, -0.25) is 14.4 Å². The number of para-hydroxylation sites is 1. The number of benzene rings is 1. The van der Waals surface area contributed by atoms with Crippen molar-refractivity contribution in [1.82, 2.24) is 15.5 Å². The van der Waals surface area contributed by atoms with Crippen LogP contribution in [0.4, 0.5) is 0 Å². The SMILES string of the molecule is NCCC(=O)NCC1CCCCN1C(=O)CNC(=O)COc1ccccc1. The summed E-state index contributed by atoms with van der Waals surface area (Å²) in [6.07, 6.45) is 3.04. The molecule has 1 aliphatic rings. The third-order valence-electron chi connectivity index (χ3n) is 4.40. The first-order valence-corrected chi connectivity index (χ1v) is 9.31. The number of nitrogens with one attached hydrogen (secondary N) is 2. The summed E-state index contributed by atoms with van der Waals surface area (Å²) < 4.78 is 5.36. The second kappa shape index (κ2) is 11.2. The van der Waals surface area contributed by atoms with Gasteiger partial charge in [0.1, 0.15) is 5.75 Å². The van der Waals surface area contributed by atoms with Crippen LogP contribution in [0.15, 0.2) is 30.3 Å². The summed E-state index contributed by atoms with van der Waals surface area (Å²) in [7, 11) is 0. The Morgan fingerprint density at radius 3 is 2.63 bits per heavy atom. The molecule has 8 nitrogen and oxygen atoms in total. The third kappa shape index (κ3) is 7.26. The first-order valence-electron chi connectivity index (χ1n) is 9.31. The molecule has 1 atom stereocenters. The van der Waals surface area contributed by atoms with Crippen molar-refractivity contribution in [2.75, 3.05) is 32.8 Å². The summed E-state index contributed by atoms with van der Waals surface area (Å²) in [5, 5.41) is 5.42. The number of carbonyl (C=O) groups excluding carboxylic acids is 3. The number of ether oxygens (including phenoxy) is 1. The highest BCUT2D eigenvalue weighted by atomic mass is 16.5. The van der Waals surface area contributed by atoms with Crippen molar-refractivity contribution in [2.45, 2.75) is 31.7 Å². The van der Waals surface area contributed by atoms with Crippen LogP contribution in [0.1, 0.15) is 25.7 Å². The monoisotopic (exact) mass is 376 g/mol. The van der Waals surface area contributed by atoms with Crippen molar-refractivity contribution in [2.24, 2.45) is 5.73 Å². The van der Waals surface area contributed by atoms with Crippen molar-refractivity contribution >= 4 is 17.7 Å². The number of hydrogen-bond donors (Lipinski definition) is 3. The maximum absolute atomic E-state index is 12.5. The van der Waals surface area contributed by atoms with Gasteiger partial charge in [0.2, 0.25) is 11.8 Å². The van der Waals surface area contributed by atoms with E-state index in [1.807, 2.05) is 18.2 Å². The third-order valence-corrected chi connectivity index (χ3v) is 4.40. The Labute approximate surface area is 159 Å². The van der Waals surface area contributed by atoms with Gasteiger partial charge in [0.25, 0.3) is 5.91 Å². The lowest BCUT2D eigenvalue weighted by atomic mass is 10.0. The van der Waals surface area contributed by atoms with Crippen LogP contribution in [-0.2, 0) is 14.4 Å². The molecule has 0 aromatic heterocycles. The van der Waals surface area contributed by atoms with Gasteiger partial charge < -0.3 is 26.0 Å². The molecular weight excluding hydrogens is 348 g/mol. The number of amides is 3. The number of piperidine rings is 1. The smallest absolute Gasteiger partial charge is 0.258 e. The molecule has 8 heteroatoms. The van der Waals surface area contributed by atoms with Gasteiger partial charge in [-0.1, -0.05) is 18.2 Å². The molecule has 148 valence electrons. The van der Waals surface area contributed by atoms with E-state index < -0.39 is 0 Å². The molecule has 1 saturated heterocycles. The van der Waals surface area contributed by atoms with E-state index >= 15 is 0 Å². The van der Waals surface area contributed by atoms with Crippen LogP contribution in [-0.4, -0.2) is 61.4 Å². The Hall–Kier alpha value is -2.61. The normalized spacial score (nSPS) is 16.5. The summed E-state index contributed by atoms with van der Waals surface area (Å²) in [5.74, 6) is -0.0111. The molecule has 0 radical (unpaired) electrons. The average molecular weight is 376 g/mol. The zero-order valence-electron chi connectivity index (χ0n) is 15.5. The molecule has 0 spiro atoms. The highest BCUT2D eigenvalue weighted by molar-refractivity contribution is 5.85. The first-order chi connectivity index (χ1) is 13.1. The lowest BCUT2D eigenvalue weighted by Crippen LogP contribution is -2.52. The van der Waals surface area contributed by atoms with Crippen LogP contribution in [0, 0.1) is 0 Å². The minimum atomic E-state index is -0.350. The summed E-state index contributed by atoms with van der Waals surface area (Å²) >= 11 is 0. The van der Waals surface area contributed by atoms with Gasteiger partial charge in [0, 0.05) is 32.1 Å². The fraction of sp³-hybridized carbons (Fsp3) is 0.526. The molecule has 1 heterocycles. The Kier molecular flexibility index (Phi) is 8.57. The number of carbonyl (C=O) groups is 3. The van der Waals surface area contributed by atoms with E-state index in [4.69, 9.17) is 10.5 Å². The van der Waals surface area contributed by atoms with Crippen LogP contribution in [0.3, 0.4) is 0 Å². The van der Waals surface area contributed by atoms with Crippen molar-refractivity contribution < 1.29 is 19.1 Å². The molecule has 1 fully saturated rings. The molecule has 1 aromatic carbocycles. The second-order valence-corrected chi connectivity index (χ2v) is 6.46. The number of rotatable bonds is 9. The van der Waals surface area contributed by atoms with E-state index in [1.165, 1.54) is 0 Å². The van der Waals surface area contributed by atoms with Crippen LogP contribution in [0.5, 0.6) is 5.75 Å². The fourth-order valence-electron chi connectivity index (χ4n) is 2.98. The second-order valence-electron chi connectivity index (χ2n) is 6.46. The highest BCUT2D eigenvalue weighted by Crippen LogP contribution is 2.16. The van der Waals surface area contributed by atoms with Gasteiger partial charge in [-0.15, -0.1) is 0 Å². The topological polar surface area (TPSA) is 114 Å². The predicted molar refractivity (Wildman–Crippen MR) is 101 cm³/mol. The molecule has 1 aromatic rings. The molecule has 4 N–H and O–H groups in total. The fourth-order valence-corrected chi connectivity index (χ4v) is 2.98. The van der Waals surface area contributed by atoms with Crippen molar-refractivity contribution in [3.8, 4) is 5.75 Å². The Morgan fingerprint density at radius 2 is 1.89 bits per heavy atom. The van der Waals surface area contributed by atoms with Crippen LogP contribution < -0.4 is 21.1 Å². The molecule has 0 bridgehead atoms. The van der Waals surface area contributed by atoms with Crippen LogP contribution in [0.2, 0.25) is 0 Å². The molecule has 3 amide bonds. The minimum Gasteiger partial charge on any atom is -0.484 e. The largest absolute Gasteiger partial charge is 0.484 e. The Bertz CT molecular complexity index is 623. The average Bonchev–Trinajstić information content (AvgIpc) is 2.70. The standard InChI is InChI=1S/C19H28N4O4/c20-10-9-17(24)21-12-15-6-4-5-11-23(15)19(26)13-22-18(25)14-27-16-7-2-1-3-8-16/h1-3,7-8,15H,4-6,9-14,20H2,(H,21,24)(H,22,25). The maximum atomic E-state index is 12.5. The molecule has 0 saturated carbocycles. The lowest BCUT2D eigenvalue weighted by Gasteiger charge is -2.36. The summed E-state index contributed by atoms with van der Waals surface area (Å²) in [6, 6.07) is 8.97. The summed E-state index contributed by atoms with van der Waals surface area (Å²) in [6.45, 7) is 1.12. The number of hydrogen-bond acceptors (Lipinski definition) is 5. The zero-order chi connectivity index (χ0) is 19.5. The molecular formula is C19H28N4O4. The molecule has 1 aliphatic heterocycles. The van der Waals surface area contributed by atoms with E-state index in [2.05, 4.69) is 10.6 Å². The predicted octanol–water partition coefficient (Wildman–Crippen LogP) is 0.0277. The van der Waals surface area contributed by atoms with E-state index in [-0.39, 0.29) is 43.3 Å². The Balaban J connectivity index is 1.74. The van der Waals surface area contributed by atoms with Crippen LogP contribution >= 0.6 is 0 Å². The van der Waals surface area contributed by atoms with Gasteiger partial charge in [-0.25, -0.2) is 0 Å². The number of nitrogens with zero attached hydrogens (tertiary/aromatic N) is 1. The Morgan fingerprint density at radius 1 is 1.11 bits per heavy atom. The highest BCUT2D eigenvalue weighted by Gasteiger charge is 2.27. The molecule has 1 unspecified atom stereocenters. The van der Waals surface area contributed by atoms with Crippen molar-refractivity contribution in [3.63, 3.8) is 0 Å². The maximum Gasteiger partial charge on any atom is 0.258 e. The number of nitrogens with two attached hydrogens (primary N) is 1. The summed E-state index contributed by atoms with van der Waals surface area (Å²) in [4.78, 5) is 37.7.